The van der Waals surface area contributed by atoms with Gasteiger partial charge >= 0.3 is 0 Å². The Bertz CT molecular complexity index is 404. The van der Waals surface area contributed by atoms with Crippen molar-refractivity contribution < 1.29 is 18.7 Å². The Hall–Kier alpha value is -1.57. The number of aliphatic hydroxyl groups excluding tert-OH is 1. The average Bonchev–Trinajstić information content (AvgIpc) is 2.44. The molecule has 1 aromatic rings. The van der Waals surface area contributed by atoms with Gasteiger partial charge in [0, 0.05) is 13.1 Å². The number of benzene rings is 1. The molecule has 5 nitrogen and oxygen atoms in total. The van der Waals surface area contributed by atoms with Gasteiger partial charge in [0.1, 0.15) is 0 Å². The summed E-state index contributed by atoms with van der Waals surface area (Å²) in [7, 11) is 0. The highest BCUT2D eigenvalue weighted by Crippen LogP contribution is 2.17. The van der Waals surface area contributed by atoms with Gasteiger partial charge in [-0.2, -0.15) is 0 Å². The summed E-state index contributed by atoms with van der Waals surface area (Å²) in [5, 5.41) is 8.92. The number of hydrazine groups is 1. The largest absolute Gasteiger partial charge is 0.395 e. The topological polar surface area (TPSA) is 78.6 Å². The second-order valence-corrected chi connectivity index (χ2v) is 4.35. The first-order chi connectivity index (χ1) is 9.58. The maximum atomic E-state index is 12.5. The number of carbonyl (C=O) groups is 1. The highest BCUT2D eigenvalue weighted by Gasteiger charge is 2.24. The third-order valence-corrected chi connectivity index (χ3v) is 2.91. The van der Waals surface area contributed by atoms with E-state index in [4.69, 9.17) is 10.9 Å². The molecule has 0 aliphatic carbocycles. The molecule has 0 fully saturated rings. The van der Waals surface area contributed by atoms with Crippen LogP contribution in [0.15, 0.2) is 30.3 Å². The molecular formula is C13H19F2N3O2. The van der Waals surface area contributed by atoms with E-state index in [1.54, 1.807) is 30.3 Å². The van der Waals surface area contributed by atoms with Crippen molar-refractivity contribution in [2.75, 3.05) is 26.2 Å². The van der Waals surface area contributed by atoms with Gasteiger partial charge in [-0.15, -0.1) is 0 Å². The van der Waals surface area contributed by atoms with Crippen LogP contribution in [0.5, 0.6) is 0 Å². The number of hydrogen-bond donors (Lipinski definition) is 3. The standard InChI is InChI=1S/C13H19F2N3O2/c14-12(15)9-18(6-7-19)8-11(13(20)17-16)10-4-2-1-3-5-10/h1-5,11-12,19H,6-9,16H2,(H,17,20). The van der Waals surface area contributed by atoms with Gasteiger partial charge < -0.3 is 5.11 Å². The Kier molecular flexibility index (Phi) is 7.06. The van der Waals surface area contributed by atoms with Crippen molar-refractivity contribution in [1.82, 2.24) is 10.3 Å². The molecule has 0 bridgehead atoms. The highest BCUT2D eigenvalue weighted by molar-refractivity contribution is 5.83. The monoisotopic (exact) mass is 287 g/mol. The minimum atomic E-state index is -2.53. The number of halogens is 2. The molecule has 1 atom stereocenters. The zero-order valence-corrected chi connectivity index (χ0v) is 11.0. The molecule has 0 aliphatic rings. The molecule has 1 amide bonds. The normalized spacial score (nSPS) is 12.7. The fraction of sp³-hybridized carbons (Fsp3) is 0.462. The Morgan fingerprint density at radius 2 is 1.95 bits per heavy atom. The van der Waals surface area contributed by atoms with Gasteiger partial charge in [0.2, 0.25) is 5.91 Å². The SMILES string of the molecule is NNC(=O)C(CN(CCO)CC(F)F)c1ccccc1. The van der Waals surface area contributed by atoms with E-state index < -0.39 is 24.8 Å². The predicted octanol–water partition coefficient (Wildman–Crippen LogP) is 0.320. The van der Waals surface area contributed by atoms with Crippen LogP contribution in [-0.4, -0.2) is 48.6 Å². The number of rotatable bonds is 8. The number of nitrogens with one attached hydrogen (secondary N) is 1. The van der Waals surface area contributed by atoms with Crippen LogP contribution in [0, 0.1) is 0 Å². The fourth-order valence-electron chi connectivity index (χ4n) is 1.98. The Balaban J connectivity index is 2.85. The zero-order chi connectivity index (χ0) is 15.0. The van der Waals surface area contributed by atoms with Crippen LogP contribution in [0.3, 0.4) is 0 Å². The van der Waals surface area contributed by atoms with Crippen molar-refractivity contribution in [1.29, 1.82) is 0 Å². The first kappa shape index (κ1) is 16.5. The molecule has 112 valence electrons. The molecule has 0 radical (unpaired) electrons. The van der Waals surface area contributed by atoms with Gasteiger partial charge in [-0.05, 0) is 5.56 Å². The van der Waals surface area contributed by atoms with Crippen molar-refractivity contribution in [3.63, 3.8) is 0 Å². The second kappa shape index (κ2) is 8.57. The summed E-state index contributed by atoms with van der Waals surface area (Å²) in [6.45, 7) is -0.607. The lowest BCUT2D eigenvalue weighted by atomic mass is 9.97. The number of nitrogens with two attached hydrogens (primary N) is 1. The van der Waals surface area contributed by atoms with Gasteiger partial charge in [-0.3, -0.25) is 15.1 Å². The van der Waals surface area contributed by atoms with Crippen molar-refractivity contribution in [2.45, 2.75) is 12.3 Å². The molecule has 0 aliphatic heterocycles. The van der Waals surface area contributed by atoms with Crippen LogP contribution < -0.4 is 11.3 Å². The Labute approximate surface area is 116 Å². The van der Waals surface area contributed by atoms with E-state index >= 15 is 0 Å². The number of hydrogen-bond acceptors (Lipinski definition) is 4. The van der Waals surface area contributed by atoms with Crippen molar-refractivity contribution >= 4 is 5.91 Å². The average molecular weight is 287 g/mol. The van der Waals surface area contributed by atoms with E-state index in [9.17, 15) is 13.6 Å². The van der Waals surface area contributed by atoms with E-state index in [0.29, 0.717) is 5.56 Å². The van der Waals surface area contributed by atoms with Gasteiger partial charge in [0.05, 0.1) is 19.1 Å². The number of alkyl halides is 2. The van der Waals surface area contributed by atoms with Crippen LogP contribution in [0.4, 0.5) is 8.78 Å². The Morgan fingerprint density at radius 3 is 2.45 bits per heavy atom. The molecule has 4 N–H and O–H groups in total. The summed E-state index contributed by atoms with van der Waals surface area (Å²) in [4.78, 5) is 13.2. The molecule has 1 rings (SSSR count). The van der Waals surface area contributed by atoms with E-state index in [1.807, 2.05) is 5.43 Å². The zero-order valence-electron chi connectivity index (χ0n) is 11.0. The van der Waals surface area contributed by atoms with E-state index in [2.05, 4.69) is 0 Å². The molecule has 0 saturated heterocycles. The van der Waals surface area contributed by atoms with E-state index in [-0.39, 0.29) is 19.7 Å². The lowest BCUT2D eigenvalue weighted by molar-refractivity contribution is -0.123. The number of aliphatic hydroxyl groups is 1. The van der Waals surface area contributed by atoms with E-state index in [0.717, 1.165) is 0 Å². The first-order valence-electron chi connectivity index (χ1n) is 6.25. The summed E-state index contributed by atoms with van der Waals surface area (Å²) >= 11 is 0. The molecule has 0 spiro atoms. The van der Waals surface area contributed by atoms with Crippen LogP contribution in [0.2, 0.25) is 0 Å². The maximum absolute atomic E-state index is 12.5. The number of amides is 1. The van der Waals surface area contributed by atoms with Gasteiger partial charge in [-0.1, -0.05) is 30.3 Å². The summed E-state index contributed by atoms with van der Waals surface area (Å²) < 4.78 is 25.0. The number of carbonyl (C=O) groups excluding carboxylic acids is 1. The number of nitrogens with zero attached hydrogens (tertiary/aromatic N) is 1. The molecule has 7 heteroatoms. The summed E-state index contributed by atoms with van der Waals surface area (Å²) in [6, 6.07) is 8.79. The van der Waals surface area contributed by atoms with Crippen LogP contribution in [0.25, 0.3) is 0 Å². The second-order valence-electron chi connectivity index (χ2n) is 4.35. The molecule has 1 aromatic carbocycles. The third kappa shape index (κ3) is 5.20. The van der Waals surface area contributed by atoms with Crippen molar-refractivity contribution in [3.8, 4) is 0 Å². The van der Waals surface area contributed by atoms with Gasteiger partial charge in [0.25, 0.3) is 6.43 Å². The molecule has 20 heavy (non-hydrogen) atoms. The smallest absolute Gasteiger partial charge is 0.251 e. The summed E-state index contributed by atoms with van der Waals surface area (Å²) in [5.74, 6) is 4.03. The van der Waals surface area contributed by atoms with Gasteiger partial charge in [-0.25, -0.2) is 14.6 Å². The third-order valence-electron chi connectivity index (χ3n) is 2.91. The van der Waals surface area contributed by atoms with Crippen molar-refractivity contribution in [3.05, 3.63) is 35.9 Å². The first-order valence-corrected chi connectivity index (χ1v) is 6.25. The highest BCUT2D eigenvalue weighted by atomic mass is 19.3. The Morgan fingerprint density at radius 1 is 1.30 bits per heavy atom. The van der Waals surface area contributed by atoms with Crippen LogP contribution in [0.1, 0.15) is 11.5 Å². The summed E-state index contributed by atoms with van der Waals surface area (Å²) in [5.41, 5.74) is 2.74. The summed E-state index contributed by atoms with van der Waals surface area (Å²) in [6.07, 6.45) is -2.53. The minimum absolute atomic E-state index is 0.0674. The lowest BCUT2D eigenvalue weighted by Crippen LogP contribution is -2.42. The van der Waals surface area contributed by atoms with Crippen LogP contribution >= 0.6 is 0 Å². The molecule has 0 saturated carbocycles. The van der Waals surface area contributed by atoms with Gasteiger partial charge in [0.15, 0.2) is 0 Å². The predicted molar refractivity (Wildman–Crippen MR) is 71.0 cm³/mol. The van der Waals surface area contributed by atoms with Crippen molar-refractivity contribution in [2.24, 2.45) is 5.84 Å². The lowest BCUT2D eigenvalue weighted by Gasteiger charge is -2.26. The molecule has 1 unspecified atom stereocenters. The molecular weight excluding hydrogens is 268 g/mol. The van der Waals surface area contributed by atoms with Crippen LogP contribution in [-0.2, 0) is 4.79 Å². The molecule has 0 heterocycles. The minimum Gasteiger partial charge on any atom is -0.395 e. The molecule has 0 aromatic heterocycles. The maximum Gasteiger partial charge on any atom is 0.251 e. The fourth-order valence-corrected chi connectivity index (χ4v) is 1.98. The quantitative estimate of drug-likeness (QED) is 0.365. The van der Waals surface area contributed by atoms with E-state index in [1.165, 1.54) is 4.90 Å².